The van der Waals surface area contributed by atoms with Gasteiger partial charge >= 0.3 is 0 Å². The molecule has 0 spiro atoms. The molecule has 20 heavy (non-hydrogen) atoms. The van der Waals surface area contributed by atoms with Crippen LogP contribution in [0, 0.1) is 0 Å². The van der Waals surface area contributed by atoms with E-state index in [4.69, 9.17) is 8.83 Å². The molecule has 0 saturated heterocycles. The summed E-state index contributed by atoms with van der Waals surface area (Å²) in [7, 11) is 0. The van der Waals surface area contributed by atoms with Gasteiger partial charge < -0.3 is 14.2 Å². The average molecular weight is 295 g/mol. The lowest BCUT2D eigenvalue weighted by atomic mass is 10.2. The van der Waals surface area contributed by atoms with Gasteiger partial charge in [0.25, 0.3) is 5.22 Å². The summed E-state index contributed by atoms with van der Waals surface area (Å²) in [4.78, 5) is 11.8. The number of hydrogen-bond donors (Lipinski definition) is 1. The summed E-state index contributed by atoms with van der Waals surface area (Å²) in [6.45, 7) is 5.81. The first kappa shape index (κ1) is 14.6. The number of carbonyl (C=O) groups excluding carboxylic acids is 1. The molecule has 0 bridgehead atoms. The maximum absolute atomic E-state index is 11.8. The van der Waals surface area contributed by atoms with Crippen molar-refractivity contribution in [2.75, 3.05) is 5.75 Å². The highest BCUT2D eigenvalue weighted by molar-refractivity contribution is 7.99. The molecule has 1 N–H and O–H groups in total. The van der Waals surface area contributed by atoms with E-state index in [2.05, 4.69) is 15.5 Å². The summed E-state index contributed by atoms with van der Waals surface area (Å²) in [5.74, 6) is 1.61. The largest absolute Gasteiger partial charge is 0.467 e. The van der Waals surface area contributed by atoms with Crippen molar-refractivity contribution in [2.24, 2.45) is 0 Å². The van der Waals surface area contributed by atoms with Gasteiger partial charge in [-0.2, -0.15) is 0 Å². The summed E-state index contributed by atoms with van der Waals surface area (Å²) in [6, 6.07) is 3.45. The number of rotatable bonds is 6. The van der Waals surface area contributed by atoms with Crippen molar-refractivity contribution in [3.05, 3.63) is 30.0 Å². The van der Waals surface area contributed by atoms with Crippen molar-refractivity contribution in [1.82, 2.24) is 15.5 Å². The highest BCUT2D eigenvalue weighted by Gasteiger charge is 2.14. The molecule has 1 atom stereocenters. The molecular weight excluding hydrogens is 278 g/mol. The second kappa shape index (κ2) is 6.60. The van der Waals surface area contributed by atoms with Gasteiger partial charge in [0, 0.05) is 5.92 Å². The van der Waals surface area contributed by atoms with Crippen LogP contribution >= 0.6 is 11.8 Å². The number of thioether (sulfide) groups is 1. The molecule has 0 radical (unpaired) electrons. The zero-order chi connectivity index (χ0) is 14.5. The van der Waals surface area contributed by atoms with Crippen molar-refractivity contribution in [3.8, 4) is 0 Å². The van der Waals surface area contributed by atoms with Gasteiger partial charge in [-0.15, -0.1) is 10.2 Å². The van der Waals surface area contributed by atoms with E-state index in [1.165, 1.54) is 11.8 Å². The fraction of sp³-hybridized carbons (Fsp3) is 0.462. The summed E-state index contributed by atoms with van der Waals surface area (Å²) < 4.78 is 10.6. The minimum absolute atomic E-state index is 0.108. The Bertz CT molecular complexity index is 551. The lowest BCUT2D eigenvalue weighted by Gasteiger charge is -2.10. The lowest BCUT2D eigenvalue weighted by molar-refractivity contribution is -0.119. The number of hydrogen-bond acceptors (Lipinski definition) is 6. The number of amides is 1. The highest BCUT2D eigenvalue weighted by atomic mass is 32.2. The van der Waals surface area contributed by atoms with Crippen LogP contribution in [-0.4, -0.2) is 21.9 Å². The van der Waals surface area contributed by atoms with E-state index in [9.17, 15) is 4.79 Å². The Balaban J connectivity index is 1.80. The van der Waals surface area contributed by atoms with Crippen molar-refractivity contribution in [1.29, 1.82) is 0 Å². The van der Waals surface area contributed by atoms with Crippen LogP contribution in [0.4, 0.5) is 0 Å². The Morgan fingerprint density at radius 3 is 2.80 bits per heavy atom. The molecule has 108 valence electrons. The fourth-order valence-corrected chi connectivity index (χ4v) is 2.11. The quantitative estimate of drug-likeness (QED) is 0.825. The topological polar surface area (TPSA) is 81.2 Å². The third-order valence-corrected chi connectivity index (χ3v) is 3.41. The van der Waals surface area contributed by atoms with E-state index in [0.717, 1.165) is 5.76 Å². The lowest BCUT2D eigenvalue weighted by Crippen LogP contribution is -2.27. The Morgan fingerprint density at radius 1 is 1.40 bits per heavy atom. The first-order chi connectivity index (χ1) is 9.56. The van der Waals surface area contributed by atoms with Crippen molar-refractivity contribution < 1.29 is 13.6 Å². The monoisotopic (exact) mass is 295 g/mol. The first-order valence-corrected chi connectivity index (χ1v) is 7.33. The Labute approximate surface area is 121 Å². The normalized spacial score (nSPS) is 12.6. The Hall–Kier alpha value is -1.76. The Kier molecular flexibility index (Phi) is 4.84. The van der Waals surface area contributed by atoms with Gasteiger partial charge in [0.15, 0.2) is 0 Å². The predicted molar refractivity (Wildman–Crippen MR) is 74.4 cm³/mol. The van der Waals surface area contributed by atoms with Crippen molar-refractivity contribution in [3.63, 3.8) is 0 Å². The molecule has 2 rings (SSSR count). The van der Waals surface area contributed by atoms with Crippen LogP contribution in [0.5, 0.6) is 0 Å². The van der Waals surface area contributed by atoms with Crippen molar-refractivity contribution in [2.45, 2.75) is 38.0 Å². The number of nitrogens with zero attached hydrogens (tertiary/aromatic N) is 2. The zero-order valence-electron chi connectivity index (χ0n) is 11.6. The zero-order valence-corrected chi connectivity index (χ0v) is 12.4. The van der Waals surface area contributed by atoms with E-state index in [1.807, 2.05) is 26.8 Å². The summed E-state index contributed by atoms with van der Waals surface area (Å²) in [6.07, 6.45) is 1.58. The molecule has 2 aromatic heterocycles. The van der Waals surface area contributed by atoms with Gasteiger partial charge in [0.05, 0.1) is 18.1 Å². The molecule has 2 heterocycles. The minimum Gasteiger partial charge on any atom is -0.467 e. The average Bonchev–Trinajstić information content (AvgIpc) is 3.07. The molecule has 1 amide bonds. The third kappa shape index (κ3) is 3.86. The number of furan rings is 1. The van der Waals surface area contributed by atoms with Gasteiger partial charge in [-0.05, 0) is 19.1 Å². The van der Waals surface area contributed by atoms with Crippen LogP contribution in [0.3, 0.4) is 0 Å². The first-order valence-electron chi connectivity index (χ1n) is 6.35. The molecule has 7 heteroatoms. The fourth-order valence-electron chi connectivity index (χ4n) is 1.53. The SMILES string of the molecule is CC(C)c1nnc(SCC(=O)N[C@@H](C)c2ccco2)o1. The van der Waals surface area contributed by atoms with Gasteiger partial charge in [-0.25, -0.2) is 0 Å². The summed E-state index contributed by atoms with van der Waals surface area (Å²) >= 11 is 1.22. The smallest absolute Gasteiger partial charge is 0.277 e. The van der Waals surface area contributed by atoms with E-state index in [1.54, 1.807) is 12.3 Å². The van der Waals surface area contributed by atoms with Crippen LogP contribution in [0.15, 0.2) is 32.5 Å². The van der Waals surface area contributed by atoms with Crippen LogP contribution in [-0.2, 0) is 4.79 Å². The maximum Gasteiger partial charge on any atom is 0.277 e. The molecule has 0 aliphatic rings. The summed E-state index contributed by atoms with van der Waals surface area (Å²) in [5, 5.41) is 11.0. The molecule has 6 nitrogen and oxygen atoms in total. The van der Waals surface area contributed by atoms with Gasteiger partial charge in [-0.1, -0.05) is 25.6 Å². The van der Waals surface area contributed by atoms with Crippen LogP contribution < -0.4 is 5.32 Å². The number of nitrogens with one attached hydrogen (secondary N) is 1. The second-order valence-electron chi connectivity index (χ2n) is 4.65. The van der Waals surface area contributed by atoms with Gasteiger partial charge in [0.2, 0.25) is 11.8 Å². The molecule has 0 saturated carbocycles. The molecule has 0 fully saturated rings. The van der Waals surface area contributed by atoms with Gasteiger partial charge in [-0.3, -0.25) is 4.79 Å². The third-order valence-electron chi connectivity index (χ3n) is 2.59. The van der Waals surface area contributed by atoms with Gasteiger partial charge in [0.1, 0.15) is 5.76 Å². The molecule has 0 aromatic carbocycles. The predicted octanol–water partition coefficient (Wildman–Crippen LogP) is 2.76. The Morgan fingerprint density at radius 2 is 2.20 bits per heavy atom. The summed E-state index contributed by atoms with van der Waals surface area (Å²) in [5.41, 5.74) is 0. The van der Waals surface area contributed by atoms with Crippen LogP contribution in [0.25, 0.3) is 0 Å². The van der Waals surface area contributed by atoms with E-state index < -0.39 is 0 Å². The minimum atomic E-state index is -0.160. The van der Waals surface area contributed by atoms with Crippen LogP contribution in [0.1, 0.15) is 44.4 Å². The molecule has 2 aromatic rings. The van der Waals surface area contributed by atoms with E-state index in [0.29, 0.717) is 11.1 Å². The molecule has 0 unspecified atom stereocenters. The van der Waals surface area contributed by atoms with Crippen molar-refractivity contribution >= 4 is 17.7 Å². The second-order valence-corrected chi connectivity index (χ2v) is 5.58. The standard InChI is InChI=1S/C13H17N3O3S/c1-8(2)12-15-16-13(19-12)20-7-11(17)14-9(3)10-5-4-6-18-10/h4-6,8-9H,7H2,1-3H3,(H,14,17)/t9-/m0/s1. The molecular formula is C13H17N3O3S. The number of aromatic nitrogens is 2. The van der Waals surface area contributed by atoms with E-state index in [-0.39, 0.29) is 23.6 Å². The van der Waals surface area contributed by atoms with Crippen LogP contribution in [0.2, 0.25) is 0 Å². The molecule has 0 aliphatic heterocycles. The molecule has 0 aliphatic carbocycles. The maximum atomic E-state index is 11.8. The van der Waals surface area contributed by atoms with E-state index >= 15 is 0 Å². The number of carbonyl (C=O) groups is 1. The highest BCUT2D eigenvalue weighted by Crippen LogP contribution is 2.20.